The minimum Gasteiger partial charge on any atom is -0.489 e. The number of rotatable bonds is 5. The van der Waals surface area contributed by atoms with Crippen molar-refractivity contribution in [2.24, 2.45) is 5.10 Å². The van der Waals surface area contributed by atoms with Crippen LogP contribution in [0.25, 0.3) is 10.9 Å². The van der Waals surface area contributed by atoms with Crippen molar-refractivity contribution in [3.8, 4) is 5.75 Å². The first-order valence-electron chi connectivity index (χ1n) is 8.86. The van der Waals surface area contributed by atoms with E-state index in [0.29, 0.717) is 27.8 Å². The number of aromatic nitrogens is 2. The molecule has 0 amide bonds. The highest BCUT2D eigenvalue weighted by molar-refractivity contribution is 5.80. The number of nitrogens with one attached hydrogen (secondary N) is 1. The van der Waals surface area contributed by atoms with Gasteiger partial charge in [0.15, 0.2) is 0 Å². The summed E-state index contributed by atoms with van der Waals surface area (Å²) in [6.45, 7) is 0.210. The second kappa shape index (κ2) is 7.93. The van der Waals surface area contributed by atoms with E-state index in [0.717, 1.165) is 4.68 Å². The van der Waals surface area contributed by atoms with Gasteiger partial charge in [-0.15, -0.1) is 4.68 Å². The quantitative estimate of drug-likeness (QED) is 0.532. The molecule has 0 spiro atoms. The largest absolute Gasteiger partial charge is 0.489 e. The maximum Gasteiger partial charge on any atom is 0.349 e. The molecule has 3 aromatic carbocycles. The van der Waals surface area contributed by atoms with Gasteiger partial charge in [-0.3, -0.25) is 4.79 Å². The van der Waals surface area contributed by atoms with E-state index in [4.69, 9.17) is 4.74 Å². The van der Waals surface area contributed by atoms with Crippen LogP contribution in [0.1, 0.15) is 11.1 Å². The minimum absolute atomic E-state index is 0.210. The summed E-state index contributed by atoms with van der Waals surface area (Å²) in [6.07, 6.45) is 1.40. The van der Waals surface area contributed by atoms with E-state index in [1.54, 1.807) is 60.7 Å². The summed E-state index contributed by atoms with van der Waals surface area (Å²) in [5, 5.41) is 4.40. The van der Waals surface area contributed by atoms with Gasteiger partial charge < -0.3 is 9.72 Å². The van der Waals surface area contributed by atoms with E-state index in [-0.39, 0.29) is 12.4 Å². The summed E-state index contributed by atoms with van der Waals surface area (Å²) < 4.78 is 19.7. The first-order chi connectivity index (χ1) is 14.1. The van der Waals surface area contributed by atoms with E-state index < -0.39 is 11.2 Å². The van der Waals surface area contributed by atoms with Crippen molar-refractivity contribution in [2.75, 3.05) is 0 Å². The number of halogens is 1. The molecule has 29 heavy (non-hydrogen) atoms. The van der Waals surface area contributed by atoms with E-state index in [1.807, 2.05) is 0 Å². The van der Waals surface area contributed by atoms with Crippen molar-refractivity contribution in [1.29, 1.82) is 0 Å². The fourth-order valence-corrected chi connectivity index (χ4v) is 2.86. The lowest BCUT2D eigenvalue weighted by atomic mass is 10.2. The maximum atomic E-state index is 13.3. The van der Waals surface area contributed by atoms with Crippen LogP contribution in [-0.2, 0) is 6.61 Å². The molecule has 7 heteroatoms. The number of fused-ring (bicyclic) bond motifs is 1. The van der Waals surface area contributed by atoms with Crippen LogP contribution in [0.3, 0.4) is 0 Å². The number of nitrogens with zero attached hydrogens (tertiary/aromatic N) is 2. The van der Waals surface area contributed by atoms with Crippen molar-refractivity contribution in [3.05, 3.63) is 111 Å². The highest BCUT2D eigenvalue weighted by Crippen LogP contribution is 2.15. The molecule has 1 heterocycles. The van der Waals surface area contributed by atoms with Crippen molar-refractivity contribution in [3.63, 3.8) is 0 Å². The minimum atomic E-state index is -0.622. The molecular formula is C22H16FN3O3. The Hall–Kier alpha value is -4.00. The number of para-hydroxylation sites is 1. The maximum absolute atomic E-state index is 13.3. The third-order valence-corrected chi connectivity index (χ3v) is 4.26. The molecule has 1 aromatic heterocycles. The van der Waals surface area contributed by atoms with Gasteiger partial charge in [0.05, 0.1) is 17.1 Å². The predicted molar refractivity (Wildman–Crippen MR) is 109 cm³/mol. The molecule has 0 aliphatic heterocycles. The van der Waals surface area contributed by atoms with Crippen LogP contribution < -0.4 is 16.0 Å². The van der Waals surface area contributed by atoms with Crippen LogP contribution >= 0.6 is 0 Å². The third kappa shape index (κ3) is 4.14. The van der Waals surface area contributed by atoms with Gasteiger partial charge in [0.25, 0.3) is 5.56 Å². The van der Waals surface area contributed by atoms with Gasteiger partial charge in [0, 0.05) is 0 Å². The molecule has 0 radical (unpaired) electrons. The molecule has 0 aliphatic carbocycles. The van der Waals surface area contributed by atoms with Gasteiger partial charge in [0.2, 0.25) is 0 Å². The van der Waals surface area contributed by atoms with E-state index in [2.05, 4.69) is 10.1 Å². The first-order valence-corrected chi connectivity index (χ1v) is 8.86. The highest BCUT2D eigenvalue weighted by atomic mass is 19.1. The number of H-pyrrole nitrogens is 1. The summed E-state index contributed by atoms with van der Waals surface area (Å²) >= 11 is 0. The monoisotopic (exact) mass is 389 g/mol. The Balaban J connectivity index is 1.57. The fourth-order valence-electron chi connectivity index (χ4n) is 2.86. The van der Waals surface area contributed by atoms with E-state index in [1.165, 1.54) is 18.3 Å². The van der Waals surface area contributed by atoms with Crippen molar-refractivity contribution >= 4 is 17.1 Å². The van der Waals surface area contributed by atoms with Crippen LogP contribution in [0.15, 0.2) is 87.5 Å². The standard InChI is InChI=1S/C22H16FN3O3/c23-17-7-3-6-16(11-17)14-29-18-8-4-5-15(12-18)13-24-26-21(27)19-9-1-2-10-20(19)25-22(26)28/h1-13H,14H2,(H,25,28). The van der Waals surface area contributed by atoms with E-state index >= 15 is 0 Å². The Bertz CT molecular complexity index is 1320. The lowest BCUT2D eigenvalue weighted by Crippen LogP contribution is -2.32. The molecule has 0 saturated heterocycles. The zero-order chi connectivity index (χ0) is 20.2. The Morgan fingerprint density at radius 3 is 2.69 bits per heavy atom. The van der Waals surface area contributed by atoms with Crippen molar-refractivity contribution < 1.29 is 9.13 Å². The lowest BCUT2D eigenvalue weighted by Gasteiger charge is -2.07. The third-order valence-electron chi connectivity index (χ3n) is 4.26. The van der Waals surface area contributed by atoms with Crippen LogP contribution in [0.5, 0.6) is 5.75 Å². The van der Waals surface area contributed by atoms with Crippen LogP contribution in [0, 0.1) is 5.82 Å². The van der Waals surface area contributed by atoms with Gasteiger partial charge in [-0.05, 0) is 47.5 Å². The molecule has 0 unspecified atom stereocenters. The Morgan fingerprint density at radius 2 is 1.83 bits per heavy atom. The normalized spacial score (nSPS) is 11.2. The molecule has 144 valence electrons. The zero-order valence-corrected chi connectivity index (χ0v) is 15.2. The molecule has 1 N–H and O–H groups in total. The van der Waals surface area contributed by atoms with Crippen molar-refractivity contribution in [2.45, 2.75) is 6.61 Å². The summed E-state index contributed by atoms with van der Waals surface area (Å²) in [5.74, 6) is 0.232. The summed E-state index contributed by atoms with van der Waals surface area (Å²) in [4.78, 5) is 27.3. The number of hydrogen-bond acceptors (Lipinski definition) is 4. The molecule has 0 bridgehead atoms. The first kappa shape index (κ1) is 18.4. The molecule has 0 saturated carbocycles. The second-order valence-corrected chi connectivity index (χ2v) is 6.33. The Labute approximate surface area is 164 Å². The average molecular weight is 389 g/mol. The molecule has 4 aromatic rings. The van der Waals surface area contributed by atoms with Crippen LogP contribution in [-0.4, -0.2) is 15.9 Å². The Kier molecular flexibility index (Phi) is 5.03. The average Bonchev–Trinajstić information content (AvgIpc) is 2.72. The van der Waals surface area contributed by atoms with Crippen LogP contribution in [0.2, 0.25) is 0 Å². The molecule has 0 aliphatic rings. The number of ether oxygens (including phenoxy) is 1. The molecule has 6 nitrogen and oxygen atoms in total. The smallest absolute Gasteiger partial charge is 0.349 e. The molecular weight excluding hydrogens is 373 g/mol. The van der Waals surface area contributed by atoms with Gasteiger partial charge in [-0.25, -0.2) is 9.18 Å². The summed E-state index contributed by atoms with van der Waals surface area (Å²) in [7, 11) is 0. The predicted octanol–water partition coefficient (Wildman–Crippen LogP) is 3.29. The molecule has 0 atom stereocenters. The van der Waals surface area contributed by atoms with Crippen LogP contribution in [0.4, 0.5) is 4.39 Å². The van der Waals surface area contributed by atoms with Crippen molar-refractivity contribution in [1.82, 2.24) is 9.66 Å². The van der Waals surface area contributed by atoms with E-state index in [9.17, 15) is 14.0 Å². The molecule has 4 rings (SSSR count). The SMILES string of the molecule is O=c1[nH]c2ccccc2c(=O)n1N=Cc1cccc(OCc2cccc(F)c2)c1. The molecule has 0 fully saturated rings. The topological polar surface area (TPSA) is 76.5 Å². The van der Waals surface area contributed by atoms with Gasteiger partial charge in [-0.2, -0.15) is 5.10 Å². The number of hydrogen-bond donors (Lipinski definition) is 1. The van der Waals surface area contributed by atoms with Gasteiger partial charge in [-0.1, -0.05) is 36.4 Å². The fraction of sp³-hybridized carbons (Fsp3) is 0.0455. The highest BCUT2D eigenvalue weighted by Gasteiger charge is 2.05. The number of benzene rings is 3. The van der Waals surface area contributed by atoms with Gasteiger partial charge >= 0.3 is 5.69 Å². The Morgan fingerprint density at radius 1 is 1.00 bits per heavy atom. The summed E-state index contributed by atoms with van der Waals surface area (Å²) in [6, 6.07) is 19.9. The zero-order valence-electron chi connectivity index (χ0n) is 15.2. The van der Waals surface area contributed by atoms with Gasteiger partial charge in [0.1, 0.15) is 18.2 Å². The number of aromatic amines is 1. The lowest BCUT2D eigenvalue weighted by molar-refractivity contribution is 0.305. The second-order valence-electron chi connectivity index (χ2n) is 6.33. The summed E-state index contributed by atoms with van der Waals surface area (Å²) in [5.41, 5.74) is 0.684.